The Morgan fingerprint density at radius 1 is 1.07 bits per heavy atom. The van der Waals surface area contributed by atoms with Gasteiger partial charge >= 0.3 is 5.97 Å². The van der Waals surface area contributed by atoms with Crippen molar-refractivity contribution in [1.29, 1.82) is 0 Å². The van der Waals surface area contributed by atoms with Gasteiger partial charge in [0.1, 0.15) is 6.61 Å². The van der Waals surface area contributed by atoms with E-state index in [1.807, 2.05) is 30.3 Å². The van der Waals surface area contributed by atoms with E-state index in [2.05, 4.69) is 22.4 Å². The predicted octanol–water partition coefficient (Wildman–Crippen LogP) is 3.42. The van der Waals surface area contributed by atoms with Crippen LogP contribution in [0.15, 0.2) is 48.5 Å². The van der Waals surface area contributed by atoms with Gasteiger partial charge in [0.05, 0.1) is 12.7 Å². The van der Waals surface area contributed by atoms with Crippen LogP contribution in [0, 0.1) is 0 Å². The van der Waals surface area contributed by atoms with Crippen LogP contribution in [0.4, 0.5) is 0 Å². The molecule has 29 heavy (non-hydrogen) atoms. The second-order valence-electron chi connectivity index (χ2n) is 6.39. The monoisotopic (exact) mass is 396 g/mol. The van der Waals surface area contributed by atoms with Gasteiger partial charge in [-0.1, -0.05) is 43.7 Å². The maximum Gasteiger partial charge on any atom is 0.338 e. The quantitative estimate of drug-likeness (QED) is 0.485. The van der Waals surface area contributed by atoms with Crippen LogP contribution in [0.25, 0.3) is 0 Å². The minimum absolute atomic E-state index is 0.00409. The molecule has 152 valence electrons. The molecule has 0 aliphatic carbocycles. The number of carbonyl (C=O) groups excluding carboxylic acids is 1. The molecule has 0 saturated heterocycles. The van der Waals surface area contributed by atoms with E-state index in [9.17, 15) is 4.79 Å². The van der Waals surface area contributed by atoms with Gasteiger partial charge in [-0.15, -0.1) is 5.10 Å². The topological polar surface area (TPSA) is 88.4 Å². The van der Waals surface area contributed by atoms with Gasteiger partial charge in [0, 0.05) is 6.54 Å². The number of methoxy groups -OCH3 is 1. The van der Waals surface area contributed by atoms with E-state index < -0.39 is 5.97 Å². The number of aromatic nitrogens is 4. The van der Waals surface area contributed by atoms with E-state index in [0.29, 0.717) is 36.0 Å². The molecule has 8 nitrogen and oxygen atoms in total. The van der Waals surface area contributed by atoms with Gasteiger partial charge in [-0.05, 0) is 40.6 Å². The Labute approximate surface area is 169 Å². The van der Waals surface area contributed by atoms with Gasteiger partial charge in [0.25, 0.3) is 0 Å². The molecular weight excluding hydrogens is 372 g/mol. The fourth-order valence-corrected chi connectivity index (χ4v) is 2.67. The van der Waals surface area contributed by atoms with Crippen LogP contribution >= 0.6 is 0 Å². The summed E-state index contributed by atoms with van der Waals surface area (Å²) in [4.78, 5) is 12.4. The Bertz CT molecular complexity index is 927. The summed E-state index contributed by atoms with van der Waals surface area (Å²) in [7, 11) is 1.53. The molecule has 0 unspecified atom stereocenters. The first-order valence-electron chi connectivity index (χ1n) is 9.48. The number of aryl methyl sites for hydroxylation is 1. The minimum atomic E-state index is -0.483. The first kappa shape index (κ1) is 20.3. The SMILES string of the molecule is CCCCn1nnnc1COC(=O)c1ccc(OCc2ccccc2)c(OC)c1. The van der Waals surface area contributed by atoms with Gasteiger partial charge in [-0.2, -0.15) is 0 Å². The number of hydrogen-bond acceptors (Lipinski definition) is 7. The van der Waals surface area contributed by atoms with E-state index >= 15 is 0 Å². The lowest BCUT2D eigenvalue weighted by atomic mass is 10.2. The summed E-state index contributed by atoms with van der Waals surface area (Å²) < 4.78 is 18.2. The molecule has 0 N–H and O–H groups in total. The maximum atomic E-state index is 12.4. The molecule has 0 saturated carbocycles. The number of nitrogens with zero attached hydrogens (tertiary/aromatic N) is 4. The molecule has 0 bridgehead atoms. The fraction of sp³-hybridized carbons (Fsp3) is 0.333. The van der Waals surface area contributed by atoms with E-state index in [-0.39, 0.29) is 6.61 Å². The highest BCUT2D eigenvalue weighted by atomic mass is 16.5. The number of rotatable bonds is 10. The van der Waals surface area contributed by atoms with Crippen molar-refractivity contribution in [2.45, 2.75) is 39.5 Å². The summed E-state index contributed by atoms with van der Waals surface area (Å²) in [6.07, 6.45) is 1.98. The van der Waals surface area contributed by atoms with E-state index in [4.69, 9.17) is 14.2 Å². The highest BCUT2D eigenvalue weighted by molar-refractivity contribution is 5.90. The molecule has 0 atom stereocenters. The average Bonchev–Trinajstić information content (AvgIpc) is 3.22. The number of carbonyl (C=O) groups is 1. The average molecular weight is 396 g/mol. The van der Waals surface area contributed by atoms with Crippen molar-refractivity contribution < 1.29 is 19.0 Å². The Balaban J connectivity index is 1.61. The lowest BCUT2D eigenvalue weighted by Gasteiger charge is -2.12. The third-order valence-corrected chi connectivity index (χ3v) is 4.30. The number of unbranched alkanes of at least 4 members (excludes halogenated alkanes) is 1. The summed E-state index contributed by atoms with van der Waals surface area (Å²) in [5, 5.41) is 11.5. The Morgan fingerprint density at radius 2 is 1.90 bits per heavy atom. The molecule has 2 aromatic carbocycles. The van der Waals surface area contributed by atoms with Crippen molar-refractivity contribution in [3.05, 3.63) is 65.5 Å². The van der Waals surface area contributed by atoms with Gasteiger partial charge in [0.15, 0.2) is 23.9 Å². The first-order valence-corrected chi connectivity index (χ1v) is 9.48. The van der Waals surface area contributed by atoms with E-state index in [1.54, 1.807) is 22.9 Å². The number of esters is 1. The van der Waals surface area contributed by atoms with Crippen LogP contribution in [-0.2, 0) is 24.5 Å². The number of hydrogen-bond donors (Lipinski definition) is 0. The Kier molecular flexibility index (Phi) is 7.16. The van der Waals surface area contributed by atoms with Gasteiger partial charge in [0.2, 0.25) is 0 Å². The lowest BCUT2D eigenvalue weighted by molar-refractivity contribution is 0.0456. The van der Waals surface area contributed by atoms with Crippen LogP contribution in [0.5, 0.6) is 11.5 Å². The van der Waals surface area contributed by atoms with Crippen LogP contribution in [0.3, 0.4) is 0 Å². The number of tetrazole rings is 1. The third kappa shape index (κ3) is 5.54. The summed E-state index contributed by atoms with van der Waals surface area (Å²) in [5.41, 5.74) is 1.40. The summed E-state index contributed by atoms with van der Waals surface area (Å²) in [6, 6.07) is 14.8. The zero-order chi connectivity index (χ0) is 20.5. The second-order valence-corrected chi connectivity index (χ2v) is 6.39. The molecule has 0 aliphatic heterocycles. The molecule has 8 heteroatoms. The third-order valence-electron chi connectivity index (χ3n) is 4.30. The van der Waals surface area contributed by atoms with Crippen LogP contribution in [0.2, 0.25) is 0 Å². The lowest BCUT2D eigenvalue weighted by Crippen LogP contribution is -2.11. The summed E-state index contributed by atoms with van der Waals surface area (Å²) in [5.74, 6) is 1.05. The molecular formula is C21H24N4O4. The smallest absolute Gasteiger partial charge is 0.338 e. The molecule has 0 radical (unpaired) electrons. The number of benzene rings is 2. The fourth-order valence-electron chi connectivity index (χ4n) is 2.67. The number of ether oxygens (including phenoxy) is 3. The standard InChI is InChI=1S/C21H24N4O4/c1-3-4-12-25-20(22-23-24-25)15-29-21(26)17-10-11-18(19(13-17)27-2)28-14-16-8-6-5-7-9-16/h5-11,13H,3-4,12,14-15H2,1-2H3. The van der Waals surface area contributed by atoms with Crippen molar-refractivity contribution in [2.24, 2.45) is 0 Å². The molecule has 1 aromatic heterocycles. The highest BCUT2D eigenvalue weighted by Gasteiger charge is 2.15. The molecule has 0 spiro atoms. The van der Waals surface area contributed by atoms with Crippen LogP contribution in [0.1, 0.15) is 41.5 Å². The second kappa shape index (κ2) is 10.2. The van der Waals surface area contributed by atoms with Crippen molar-refractivity contribution >= 4 is 5.97 Å². The van der Waals surface area contributed by atoms with Gasteiger partial charge in [-0.3, -0.25) is 0 Å². The molecule has 1 heterocycles. The largest absolute Gasteiger partial charge is 0.493 e. The maximum absolute atomic E-state index is 12.4. The molecule has 3 rings (SSSR count). The zero-order valence-corrected chi connectivity index (χ0v) is 16.6. The van der Waals surface area contributed by atoms with E-state index in [1.165, 1.54) is 7.11 Å². The summed E-state index contributed by atoms with van der Waals surface area (Å²) in [6.45, 7) is 3.19. The predicted molar refractivity (Wildman–Crippen MR) is 106 cm³/mol. The van der Waals surface area contributed by atoms with Crippen LogP contribution in [-0.4, -0.2) is 33.3 Å². The van der Waals surface area contributed by atoms with Gasteiger partial charge in [-0.25, -0.2) is 9.48 Å². The normalized spacial score (nSPS) is 10.6. The minimum Gasteiger partial charge on any atom is -0.493 e. The van der Waals surface area contributed by atoms with Crippen molar-refractivity contribution in [3.8, 4) is 11.5 Å². The molecule has 3 aromatic rings. The molecule has 0 fully saturated rings. The Hall–Kier alpha value is -3.42. The van der Waals surface area contributed by atoms with Crippen molar-refractivity contribution in [2.75, 3.05) is 7.11 Å². The summed E-state index contributed by atoms with van der Waals surface area (Å²) >= 11 is 0. The molecule has 0 aliphatic rings. The van der Waals surface area contributed by atoms with Gasteiger partial charge < -0.3 is 14.2 Å². The zero-order valence-electron chi connectivity index (χ0n) is 16.6. The Morgan fingerprint density at radius 3 is 2.66 bits per heavy atom. The van der Waals surface area contributed by atoms with Crippen molar-refractivity contribution in [1.82, 2.24) is 20.2 Å². The van der Waals surface area contributed by atoms with Crippen LogP contribution < -0.4 is 9.47 Å². The van der Waals surface area contributed by atoms with E-state index in [0.717, 1.165) is 18.4 Å². The van der Waals surface area contributed by atoms with Crippen molar-refractivity contribution in [3.63, 3.8) is 0 Å². The molecule has 0 amide bonds. The first-order chi connectivity index (χ1) is 14.2. The highest BCUT2D eigenvalue weighted by Crippen LogP contribution is 2.29.